The summed E-state index contributed by atoms with van der Waals surface area (Å²) in [6.07, 6.45) is 0. The average molecular weight is 675 g/mol. The van der Waals surface area contributed by atoms with Crippen LogP contribution in [0.1, 0.15) is 0 Å². The van der Waals surface area contributed by atoms with E-state index in [2.05, 4.69) is 185 Å². The van der Waals surface area contributed by atoms with Gasteiger partial charge >= 0.3 is 0 Å². The second-order valence-corrected chi connectivity index (χ2v) is 14.1. The fourth-order valence-electron chi connectivity index (χ4n) is 9.06. The lowest BCUT2D eigenvalue weighted by Gasteiger charge is -2.28. The molecule has 0 spiro atoms. The first kappa shape index (κ1) is 28.6. The zero-order valence-electron chi connectivity index (χ0n) is 28.6. The van der Waals surface area contributed by atoms with Crippen LogP contribution in [0, 0.1) is 0 Å². The summed E-state index contributed by atoms with van der Waals surface area (Å²) in [6.45, 7) is 0. The molecule has 0 radical (unpaired) electrons. The Morgan fingerprint density at radius 2 is 1.06 bits per heavy atom. The van der Waals surface area contributed by atoms with E-state index in [1.165, 1.54) is 60.1 Å². The minimum atomic E-state index is 0.872. The molecule has 0 saturated heterocycles. The predicted molar refractivity (Wildman–Crippen MR) is 222 cm³/mol. The molecule has 246 valence electrons. The van der Waals surface area contributed by atoms with Crippen molar-refractivity contribution in [1.29, 1.82) is 0 Å². The number of rotatable bonds is 4. The summed E-state index contributed by atoms with van der Waals surface area (Å²) >= 11 is 0. The molecule has 0 atom stereocenters. The number of nitrogens with zero attached hydrogens (tertiary/aromatic N) is 2. The van der Waals surface area contributed by atoms with Gasteiger partial charge in [-0.3, -0.25) is 0 Å². The first-order valence-electron chi connectivity index (χ1n) is 18.2. The maximum atomic E-state index is 6.51. The summed E-state index contributed by atoms with van der Waals surface area (Å²) in [5.74, 6) is 0. The van der Waals surface area contributed by atoms with Crippen molar-refractivity contribution in [2.24, 2.45) is 0 Å². The second-order valence-electron chi connectivity index (χ2n) is 14.1. The molecule has 0 N–H and O–H groups in total. The van der Waals surface area contributed by atoms with Crippen LogP contribution in [0.2, 0.25) is 0 Å². The Kier molecular flexibility index (Phi) is 5.77. The summed E-state index contributed by atoms with van der Waals surface area (Å²) < 4.78 is 8.91. The molecule has 0 amide bonds. The van der Waals surface area contributed by atoms with Crippen molar-refractivity contribution < 1.29 is 4.42 Å². The summed E-state index contributed by atoms with van der Waals surface area (Å²) in [6, 6.07) is 66.0. The smallest absolute Gasteiger partial charge is 0.137 e. The molecule has 9 aromatic carbocycles. The van der Waals surface area contributed by atoms with Crippen molar-refractivity contribution in [1.82, 2.24) is 4.57 Å². The third kappa shape index (κ3) is 3.99. The Bertz CT molecular complexity index is 3290. The maximum absolute atomic E-state index is 6.51. The molecule has 1 aliphatic carbocycles. The van der Waals surface area contributed by atoms with Gasteiger partial charge < -0.3 is 13.9 Å². The van der Waals surface area contributed by atoms with Crippen LogP contribution in [0.3, 0.4) is 0 Å². The van der Waals surface area contributed by atoms with Crippen molar-refractivity contribution in [3.05, 3.63) is 182 Å². The highest BCUT2D eigenvalue weighted by Crippen LogP contribution is 2.55. The number of hydrogen-bond acceptors (Lipinski definition) is 2. The zero-order valence-corrected chi connectivity index (χ0v) is 28.6. The van der Waals surface area contributed by atoms with E-state index in [4.69, 9.17) is 4.42 Å². The van der Waals surface area contributed by atoms with Crippen LogP contribution in [-0.2, 0) is 0 Å². The van der Waals surface area contributed by atoms with Gasteiger partial charge in [0.15, 0.2) is 0 Å². The number of para-hydroxylation sites is 3. The Morgan fingerprint density at radius 1 is 0.396 bits per heavy atom. The quantitative estimate of drug-likeness (QED) is 0.173. The monoisotopic (exact) mass is 674 g/mol. The van der Waals surface area contributed by atoms with Gasteiger partial charge in [0.05, 0.1) is 16.7 Å². The minimum absolute atomic E-state index is 0.872. The summed E-state index contributed by atoms with van der Waals surface area (Å²) in [4.78, 5) is 2.44. The number of furan rings is 1. The van der Waals surface area contributed by atoms with Gasteiger partial charge in [-0.2, -0.15) is 0 Å². The fraction of sp³-hybridized carbons (Fsp3) is 0. The van der Waals surface area contributed by atoms with Gasteiger partial charge in [-0.15, -0.1) is 0 Å². The molecule has 53 heavy (non-hydrogen) atoms. The molecule has 0 bridgehead atoms. The van der Waals surface area contributed by atoms with Crippen molar-refractivity contribution >= 4 is 82.4 Å². The largest absolute Gasteiger partial charge is 0.456 e. The summed E-state index contributed by atoms with van der Waals surface area (Å²) in [5, 5.41) is 9.84. The van der Waals surface area contributed by atoms with Crippen molar-refractivity contribution in [3.63, 3.8) is 0 Å². The molecule has 3 heteroatoms. The van der Waals surface area contributed by atoms with E-state index in [9.17, 15) is 0 Å². The molecule has 2 heterocycles. The van der Waals surface area contributed by atoms with Crippen LogP contribution >= 0.6 is 0 Å². The molecule has 12 rings (SSSR count). The normalized spacial score (nSPS) is 12.2. The molecule has 0 aliphatic heterocycles. The summed E-state index contributed by atoms with van der Waals surface area (Å²) in [7, 11) is 0. The molecule has 2 aromatic heterocycles. The van der Waals surface area contributed by atoms with Crippen LogP contribution in [0.15, 0.2) is 186 Å². The van der Waals surface area contributed by atoms with Gasteiger partial charge in [-0.25, -0.2) is 0 Å². The SMILES string of the molecule is c1ccc(-n2c3ccccc3c3ccc(N(c4ccc5c(c4)oc4ccccc45)c4cccc5c4-c4cccc6cc7ccccc7c-5c46)cc32)cc1. The van der Waals surface area contributed by atoms with Crippen LogP contribution < -0.4 is 4.90 Å². The van der Waals surface area contributed by atoms with Crippen molar-refractivity contribution in [3.8, 4) is 27.9 Å². The van der Waals surface area contributed by atoms with Gasteiger partial charge in [0.2, 0.25) is 0 Å². The first-order chi connectivity index (χ1) is 26.3. The molecule has 11 aromatic rings. The average Bonchev–Trinajstić information content (AvgIpc) is 3.87. The van der Waals surface area contributed by atoms with E-state index in [0.29, 0.717) is 0 Å². The second kappa shape index (κ2) is 10.7. The van der Waals surface area contributed by atoms with E-state index in [-0.39, 0.29) is 0 Å². The van der Waals surface area contributed by atoms with E-state index in [0.717, 1.165) is 50.2 Å². The fourth-order valence-corrected chi connectivity index (χ4v) is 9.06. The van der Waals surface area contributed by atoms with Gasteiger partial charge in [0, 0.05) is 50.2 Å². The number of aromatic nitrogens is 1. The molecule has 1 aliphatic rings. The first-order valence-corrected chi connectivity index (χ1v) is 18.2. The lowest BCUT2D eigenvalue weighted by atomic mass is 9.96. The van der Waals surface area contributed by atoms with E-state index < -0.39 is 0 Å². The lowest BCUT2D eigenvalue weighted by Crippen LogP contribution is -2.11. The number of anilines is 3. The van der Waals surface area contributed by atoms with Gasteiger partial charge in [-0.05, 0) is 98.9 Å². The molecule has 0 fully saturated rings. The molecule has 0 unspecified atom stereocenters. The van der Waals surface area contributed by atoms with Crippen LogP contribution in [0.5, 0.6) is 0 Å². The highest BCUT2D eigenvalue weighted by molar-refractivity contribution is 6.26. The molecular weight excluding hydrogens is 645 g/mol. The van der Waals surface area contributed by atoms with E-state index >= 15 is 0 Å². The lowest BCUT2D eigenvalue weighted by molar-refractivity contribution is 0.669. The molecular formula is C50H30N2O. The van der Waals surface area contributed by atoms with Crippen molar-refractivity contribution in [2.75, 3.05) is 4.90 Å². The van der Waals surface area contributed by atoms with Gasteiger partial charge in [0.25, 0.3) is 0 Å². The topological polar surface area (TPSA) is 21.3 Å². The highest BCUT2D eigenvalue weighted by atomic mass is 16.3. The van der Waals surface area contributed by atoms with Crippen molar-refractivity contribution in [2.45, 2.75) is 0 Å². The van der Waals surface area contributed by atoms with Crippen LogP contribution in [0.4, 0.5) is 17.1 Å². The highest BCUT2D eigenvalue weighted by Gasteiger charge is 2.29. The maximum Gasteiger partial charge on any atom is 0.137 e. The van der Waals surface area contributed by atoms with Gasteiger partial charge in [-0.1, -0.05) is 115 Å². The summed E-state index contributed by atoms with van der Waals surface area (Å²) in [5.41, 5.74) is 13.6. The third-order valence-corrected chi connectivity index (χ3v) is 11.3. The Balaban J connectivity index is 1.17. The third-order valence-electron chi connectivity index (χ3n) is 11.3. The van der Waals surface area contributed by atoms with E-state index in [1.807, 2.05) is 6.07 Å². The Hall–Kier alpha value is -7.10. The van der Waals surface area contributed by atoms with Crippen LogP contribution in [-0.4, -0.2) is 4.57 Å². The molecule has 3 nitrogen and oxygen atoms in total. The predicted octanol–water partition coefficient (Wildman–Crippen LogP) is 14.1. The van der Waals surface area contributed by atoms with E-state index in [1.54, 1.807) is 0 Å². The van der Waals surface area contributed by atoms with Crippen LogP contribution in [0.25, 0.3) is 93.2 Å². The standard InChI is InChI=1S/C50H30N2O/c1-2-14-33(15-3-1)52-43-21-8-6-17-37(43)38-26-24-34(29-45(38)52)51(35-25-27-40-39-18-7-9-23-46(39)53-47(40)30-35)44-22-11-20-42-49(44)41-19-10-13-32-28-31-12-4-5-16-36(31)50(42)48(32)41/h1-30H. The number of hydrogen-bond donors (Lipinski definition) is 0. The zero-order chi connectivity index (χ0) is 34.6. The number of benzene rings is 9. The van der Waals surface area contributed by atoms with Gasteiger partial charge in [0.1, 0.15) is 11.2 Å². The minimum Gasteiger partial charge on any atom is -0.456 e. The molecule has 0 saturated carbocycles. The Labute approximate surface area is 305 Å². The number of fused-ring (bicyclic) bond motifs is 11. The Morgan fingerprint density at radius 3 is 1.96 bits per heavy atom.